The van der Waals surface area contributed by atoms with Crippen LogP contribution in [0.1, 0.15) is 28.2 Å². The van der Waals surface area contributed by atoms with E-state index in [9.17, 15) is 19.6 Å². The second-order valence-corrected chi connectivity index (χ2v) is 8.79. The predicted octanol–water partition coefficient (Wildman–Crippen LogP) is 3.03. The lowest BCUT2D eigenvalue weighted by atomic mass is 9.79. The molecule has 0 bridgehead atoms. The smallest absolute Gasteiger partial charge is 0.332 e. The zero-order chi connectivity index (χ0) is 25.1. The molecule has 1 aliphatic rings. The number of nitrogens with zero attached hydrogens (tertiary/aromatic N) is 3. The fourth-order valence-corrected chi connectivity index (χ4v) is 5.19. The van der Waals surface area contributed by atoms with Crippen LogP contribution in [0.5, 0.6) is 0 Å². The van der Waals surface area contributed by atoms with Gasteiger partial charge in [-0.25, -0.2) is 4.79 Å². The monoisotopic (exact) mass is 476 g/mol. The van der Waals surface area contributed by atoms with Crippen LogP contribution in [-0.2, 0) is 14.1 Å². The molecule has 6 rings (SSSR count). The van der Waals surface area contributed by atoms with E-state index in [1.54, 1.807) is 13.2 Å². The fraction of sp³-hybridized carbons (Fsp3) is 0.111. The molecule has 2 aromatic carbocycles. The van der Waals surface area contributed by atoms with Crippen molar-refractivity contribution in [2.45, 2.75) is 5.92 Å². The van der Waals surface area contributed by atoms with Crippen molar-refractivity contribution < 1.29 is 0 Å². The van der Waals surface area contributed by atoms with Gasteiger partial charge in [-0.3, -0.25) is 18.7 Å². The Labute approximate surface area is 203 Å². The van der Waals surface area contributed by atoms with Crippen LogP contribution in [-0.4, -0.2) is 19.1 Å². The SMILES string of the molecule is Cn1c2c(c(=O)n(C)c1=O)C(c1ccccc1)c1c([nH]c(=O)c(C#N)c1-c1c[nH]c3ccccc13)N2. The van der Waals surface area contributed by atoms with Crippen molar-refractivity contribution in [2.75, 3.05) is 5.32 Å². The third-order valence-corrected chi connectivity index (χ3v) is 6.88. The minimum absolute atomic E-state index is 0.0497. The second-order valence-electron chi connectivity index (χ2n) is 8.79. The van der Waals surface area contributed by atoms with E-state index in [-0.39, 0.29) is 5.56 Å². The molecule has 3 N–H and O–H groups in total. The van der Waals surface area contributed by atoms with Gasteiger partial charge >= 0.3 is 5.69 Å². The molecule has 0 spiro atoms. The van der Waals surface area contributed by atoms with E-state index >= 15 is 0 Å². The Morgan fingerprint density at radius 3 is 2.39 bits per heavy atom. The number of nitrogens with one attached hydrogen (secondary N) is 3. The fourth-order valence-electron chi connectivity index (χ4n) is 5.19. The zero-order valence-electron chi connectivity index (χ0n) is 19.4. The summed E-state index contributed by atoms with van der Waals surface area (Å²) in [6.07, 6.45) is 1.77. The van der Waals surface area contributed by atoms with Crippen LogP contribution in [0.25, 0.3) is 22.0 Å². The summed E-state index contributed by atoms with van der Waals surface area (Å²) in [7, 11) is 3.01. The maximum atomic E-state index is 13.6. The lowest BCUT2D eigenvalue weighted by Crippen LogP contribution is -2.42. The Bertz CT molecular complexity index is 1920. The van der Waals surface area contributed by atoms with Gasteiger partial charge in [0.1, 0.15) is 23.3 Å². The number of para-hydroxylation sites is 1. The van der Waals surface area contributed by atoms with Crippen LogP contribution >= 0.6 is 0 Å². The Balaban J connectivity index is 1.82. The molecule has 9 nitrogen and oxygen atoms in total. The lowest BCUT2D eigenvalue weighted by molar-refractivity contribution is 0.666. The Kier molecular flexibility index (Phi) is 4.59. The van der Waals surface area contributed by atoms with Gasteiger partial charge in [0.05, 0.1) is 5.56 Å². The maximum Gasteiger partial charge on any atom is 0.332 e. The van der Waals surface area contributed by atoms with E-state index in [2.05, 4.69) is 21.4 Å². The van der Waals surface area contributed by atoms with Crippen molar-refractivity contribution in [3.63, 3.8) is 0 Å². The Morgan fingerprint density at radius 2 is 1.64 bits per heavy atom. The number of aromatic nitrogens is 4. The van der Waals surface area contributed by atoms with Gasteiger partial charge in [0.2, 0.25) is 0 Å². The average molecular weight is 476 g/mol. The molecule has 4 heterocycles. The van der Waals surface area contributed by atoms with Crippen molar-refractivity contribution in [1.82, 2.24) is 19.1 Å². The molecule has 0 radical (unpaired) electrons. The summed E-state index contributed by atoms with van der Waals surface area (Å²) in [4.78, 5) is 45.5. The molecule has 0 saturated carbocycles. The second kappa shape index (κ2) is 7.71. The summed E-state index contributed by atoms with van der Waals surface area (Å²) in [5.41, 5.74) is 2.15. The topological polar surface area (TPSA) is 128 Å². The molecular weight excluding hydrogens is 456 g/mol. The third-order valence-electron chi connectivity index (χ3n) is 6.88. The van der Waals surface area contributed by atoms with E-state index in [4.69, 9.17) is 0 Å². The van der Waals surface area contributed by atoms with Crippen LogP contribution in [0.4, 0.5) is 11.6 Å². The van der Waals surface area contributed by atoms with Gasteiger partial charge in [0.15, 0.2) is 0 Å². The van der Waals surface area contributed by atoms with Gasteiger partial charge in [-0.1, -0.05) is 48.5 Å². The van der Waals surface area contributed by atoms with Gasteiger partial charge in [-0.2, -0.15) is 5.26 Å². The summed E-state index contributed by atoms with van der Waals surface area (Å²) in [5, 5.41) is 14.1. The molecular formula is C27H20N6O3. The van der Waals surface area contributed by atoms with Crippen molar-refractivity contribution in [3.8, 4) is 17.2 Å². The number of fused-ring (bicyclic) bond motifs is 3. The number of pyridine rings is 1. The molecule has 176 valence electrons. The van der Waals surface area contributed by atoms with Crippen molar-refractivity contribution in [3.05, 3.63) is 114 Å². The van der Waals surface area contributed by atoms with Crippen LogP contribution in [0.2, 0.25) is 0 Å². The average Bonchev–Trinajstić information content (AvgIpc) is 3.33. The molecule has 1 unspecified atom stereocenters. The highest BCUT2D eigenvalue weighted by atomic mass is 16.2. The van der Waals surface area contributed by atoms with E-state index in [1.807, 2.05) is 54.6 Å². The van der Waals surface area contributed by atoms with Gasteiger partial charge in [0.25, 0.3) is 11.1 Å². The normalized spacial score (nSPS) is 14.1. The first kappa shape index (κ1) is 21.4. The summed E-state index contributed by atoms with van der Waals surface area (Å²) < 4.78 is 2.43. The maximum absolute atomic E-state index is 13.6. The number of rotatable bonds is 2. The number of benzene rings is 2. The lowest BCUT2D eigenvalue weighted by Gasteiger charge is -2.32. The molecule has 0 aliphatic carbocycles. The van der Waals surface area contributed by atoms with Gasteiger partial charge in [-0.15, -0.1) is 0 Å². The van der Waals surface area contributed by atoms with E-state index in [0.29, 0.717) is 33.9 Å². The van der Waals surface area contributed by atoms with Crippen LogP contribution in [0.3, 0.4) is 0 Å². The van der Waals surface area contributed by atoms with E-state index in [1.165, 1.54) is 11.6 Å². The third kappa shape index (κ3) is 2.85. The first-order valence-corrected chi connectivity index (χ1v) is 11.3. The molecule has 36 heavy (non-hydrogen) atoms. The standard InChI is InChI=1S/C27H20N6O3/c1-32-24-22(26(35)33(2)27(32)36)19(14-8-4-3-5-9-14)21-20(16(12-28)25(34)31-23(21)30-24)17-13-29-18-11-7-6-10-15(17)18/h3-11,13,19,29H,1-2H3,(H2,30,31,34). The minimum Gasteiger partial charge on any atom is -0.361 e. The largest absolute Gasteiger partial charge is 0.361 e. The number of nitriles is 1. The highest BCUT2D eigenvalue weighted by Crippen LogP contribution is 2.47. The molecule has 5 aromatic rings. The molecule has 3 aromatic heterocycles. The van der Waals surface area contributed by atoms with Gasteiger partial charge in [-0.05, 0) is 11.6 Å². The molecule has 0 saturated heterocycles. The summed E-state index contributed by atoms with van der Waals surface area (Å²) in [6.45, 7) is 0. The van der Waals surface area contributed by atoms with Crippen molar-refractivity contribution in [1.29, 1.82) is 5.26 Å². The number of anilines is 2. The number of hydrogen-bond acceptors (Lipinski definition) is 5. The van der Waals surface area contributed by atoms with Crippen LogP contribution in [0, 0.1) is 11.3 Å². The van der Waals surface area contributed by atoms with E-state index in [0.717, 1.165) is 21.0 Å². The van der Waals surface area contributed by atoms with Crippen LogP contribution in [0.15, 0.2) is 75.2 Å². The number of H-pyrrole nitrogens is 2. The summed E-state index contributed by atoms with van der Waals surface area (Å²) >= 11 is 0. The molecule has 1 atom stereocenters. The summed E-state index contributed by atoms with van der Waals surface area (Å²) in [5.74, 6) is -0.0193. The Hall–Kier alpha value is -5.10. The Morgan fingerprint density at radius 1 is 0.917 bits per heavy atom. The number of aromatic amines is 2. The minimum atomic E-state index is -0.657. The van der Waals surface area contributed by atoms with Crippen molar-refractivity contribution >= 4 is 22.5 Å². The van der Waals surface area contributed by atoms with E-state index < -0.39 is 22.7 Å². The highest BCUT2D eigenvalue weighted by molar-refractivity contribution is 5.99. The van der Waals surface area contributed by atoms with Crippen molar-refractivity contribution in [2.24, 2.45) is 14.1 Å². The van der Waals surface area contributed by atoms with Gasteiger partial charge < -0.3 is 15.3 Å². The molecule has 9 heteroatoms. The number of hydrogen-bond donors (Lipinski definition) is 3. The quantitative estimate of drug-likeness (QED) is 0.354. The highest BCUT2D eigenvalue weighted by Gasteiger charge is 2.37. The summed E-state index contributed by atoms with van der Waals surface area (Å²) in [6, 6.07) is 19.1. The zero-order valence-corrected chi connectivity index (χ0v) is 19.4. The predicted molar refractivity (Wildman–Crippen MR) is 137 cm³/mol. The van der Waals surface area contributed by atoms with Gasteiger partial charge in [0, 0.05) is 53.8 Å². The molecule has 0 amide bonds. The van der Waals surface area contributed by atoms with Crippen LogP contribution < -0.4 is 22.1 Å². The molecule has 1 aliphatic heterocycles. The molecule has 0 fully saturated rings. The first-order valence-electron chi connectivity index (χ1n) is 11.3. The first-order chi connectivity index (χ1) is 17.4.